The van der Waals surface area contributed by atoms with Crippen molar-refractivity contribution in [2.75, 3.05) is 3.71 Å². The van der Waals surface area contributed by atoms with Gasteiger partial charge in [0, 0.05) is 0 Å². The third kappa shape index (κ3) is 5.20. The Bertz CT molecular complexity index is 682. The summed E-state index contributed by atoms with van der Waals surface area (Å²) >= 11 is 0. The number of rotatable bonds is 5. The summed E-state index contributed by atoms with van der Waals surface area (Å²) in [5.74, 6) is 0. The molecule has 116 valence electrons. The topological polar surface area (TPSA) is 112 Å². The predicted octanol–water partition coefficient (Wildman–Crippen LogP) is 1.02. The number of aryl methyl sites for hydroxylation is 2. The number of nitrogens with zero attached hydrogens (tertiary/aromatic N) is 1. The van der Waals surface area contributed by atoms with Crippen LogP contribution in [0.5, 0.6) is 0 Å². The van der Waals surface area contributed by atoms with Gasteiger partial charge in [0.1, 0.15) is 0 Å². The molecule has 0 saturated carbocycles. The zero-order valence-corrected chi connectivity index (χ0v) is 13.0. The molecule has 0 saturated heterocycles. The van der Waals surface area contributed by atoms with Crippen LogP contribution in [0.15, 0.2) is 12.1 Å². The summed E-state index contributed by atoms with van der Waals surface area (Å²) in [6.45, 7) is 5.19. The van der Waals surface area contributed by atoms with Crippen LogP contribution in [0.3, 0.4) is 0 Å². The van der Waals surface area contributed by atoms with Crippen LogP contribution in [0, 0.1) is 13.8 Å². The first-order chi connectivity index (χ1) is 8.98. The van der Waals surface area contributed by atoms with Gasteiger partial charge in [-0.1, -0.05) is 19.4 Å². The molecule has 0 fully saturated rings. The van der Waals surface area contributed by atoms with Gasteiger partial charge in [0.15, 0.2) is 0 Å². The third-order valence-electron chi connectivity index (χ3n) is 2.71. The first-order valence-electron chi connectivity index (χ1n) is 5.84. The molecule has 1 aromatic carbocycles. The van der Waals surface area contributed by atoms with Gasteiger partial charge in [-0.15, -0.1) is 3.71 Å². The molecule has 0 atom stereocenters. The standard InChI is InChI=1S/C11H17NO6S2.Na.H/c1-4-5-10-9(3)6-8(2)7-11(10)12(19(13,14)15)20(16,17)18;;/h6-7H,4-5H2,1-3H3,(H,13,14,15)(H,16,17,18);;. The molecule has 0 aliphatic carbocycles. The Morgan fingerprint density at radius 1 is 1.05 bits per heavy atom. The zero-order valence-electron chi connectivity index (χ0n) is 11.4. The van der Waals surface area contributed by atoms with Crippen LogP contribution in [0.25, 0.3) is 0 Å². The number of hydrogen-bond acceptors (Lipinski definition) is 4. The fourth-order valence-electron chi connectivity index (χ4n) is 2.08. The maximum atomic E-state index is 11.3. The molecule has 0 aromatic heterocycles. The van der Waals surface area contributed by atoms with Crippen LogP contribution >= 0.6 is 0 Å². The van der Waals surface area contributed by atoms with Gasteiger partial charge in [0.05, 0.1) is 5.69 Å². The minimum absolute atomic E-state index is 0. The fourth-order valence-corrected chi connectivity index (χ4v) is 3.86. The quantitative estimate of drug-likeness (QED) is 0.607. The first-order valence-corrected chi connectivity index (χ1v) is 8.63. The van der Waals surface area contributed by atoms with Gasteiger partial charge in [0.2, 0.25) is 0 Å². The average Bonchev–Trinajstić information content (AvgIpc) is 2.18. The van der Waals surface area contributed by atoms with Crippen molar-refractivity contribution in [3.8, 4) is 0 Å². The van der Waals surface area contributed by atoms with Crippen molar-refractivity contribution >= 4 is 55.9 Å². The van der Waals surface area contributed by atoms with Gasteiger partial charge in [-0.05, 0) is 43.0 Å². The van der Waals surface area contributed by atoms with E-state index in [0.717, 1.165) is 0 Å². The molecule has 0 bridgehead atoms. The van der Waals surface area contributed by atoms with E-state index in [9.17, 15) is 16.8 Å². The number of benzene rings is 1. The molecular weight excluding hydrogens is 329 g/mol. The summed E-state index contributed by atoms with van der Waals surface area (Å²) in [7, 11) is -10.3. The molecule has 7 nitrogen and oxygen atoms in total. The van der Waals surface area contributed by atoms with Gasteiger partial charge >= 0.3 is 50.2 Å². The first kappa shape index (κ1) is 20.8. The van der Waals surface area contributed by atoms with E-state index >= 15 is 0 Å². The summed E-state index contributed by atoms with van der Waals surface area (Å²) in [4.78, 5) is 0. The van der Waals surface area contributed by atoms with Crippen molar-refractivity contribution in [1.82, 2.24) is 0 Å². The predicted molar refractivity (Wildman–Crippen MR) is 82.6 cm³/mol. The molecular formula is C11H18NNaO6S2. The molecule has 0 radical (unpaired) electrons. The van der Waals surface area contributed by atoms with Crippen LogP contribution in [0.2, 0.25) is 0 Å². The molecule has 0 aliphatic heterocycles. The van der Waals surface area contributed by atoms with Gasteiger partial charge in [-0.2, -0.15) is 16.8 Å². The Morgan fingerprint density at radius 3 is 1.90 bits per heavy atom. The molecule has 1 aromatic rings. The van der Waals surface area contributed by atoms with Crippen LogP contribution < -0.4 is 3.71 Å². The summed E-state index contributed by atoms with van der Waals surface area (Å²) in [6.07, 6.45) is 1.05. The van der Waals surface area contributed by atoms with Crippen molar-refractivity contribution in [3.63, 3.8) is 0 Å². The van der Waals surface area contributed by atoms with E-state index in [2.05, 4.69) is 0 Å². The summed E-state index contributed by atoms with van der Waals surface area (Å²) in [5, 5.41) is 0. The molecule has 0 amide bonds. The second-order valence-electron chi connectivity index (χ2n) is 4.48. The van der Waals surface area contributed by atoms with Crippen LogP contribution in [0.4, 0.5) is 5.69 Å². The van der Waals surface area contributed by atoms with Crippen molar-refractivity contribution in [2.24, 2.45) is 0 Å². The van der Waals surface area contributed by atoms with E-state index in [1.54, 1.807) is 19.9 Å². The van der Waals surface area contributed by atoms with E-state index in [0.29, 0.717) is 29.5 Å². The van der Waals surface area contributed by atoms with Crippen molar-refractivity contribution in [2.45, 2.75) is 33.6 Å². The average molecular weight is 347 g/mol. The van der Waals surface area contributed by atoms with Gasteiger partial charge in [0.25, 0.3) is 0 Å². The van der Waals surface area contributed by atoms with E-state index in [4.69, 9.17) is 9.11 Å². The molecule has 1 rings (SSSR count). The fraction of sp³-hybridized carbons (Fsp3) is 0.455. The monoisotopic (exact) mass is 347 g/mol. The number of hydrogen-bond donors (Lipinski definition) is 2. The Morgan fingerprint density at radius 2 is 1.52 bits per heavy atom. The Balaban J connectivity index is 0.00000400. The molecule has 10 heteroatoms. The molecule has 2 N–H and O–H groups in total. The summed E-state index contributed by atoms with van der Waals surface area (Å²) < 4.78 is 63.0. The molecule has 0 heterocycles. The zero-order chi connectivity index (χ0) is 15.7. The van der Waals surface area contributed by atoms with Gasteiger partial charge < -0.3 is 0 Å². The summed E-state index contributed by atoms with van der Waals surface area (Å²) in [6, 6.07) is 3.06. The molecule has 0 aliphatic rings. The Labute approximate surface area is 147 Å². The second kappa shape index (κ2) is 7.40. The van der Waals surface area contributed by atoms with Crippen molar-refractivity contribution in [3.05, 3.63) is 28.8 Å². The normalized spacial score (nSPS) is 11.9. The maximum absolute atomic E-state index is 11.3. The van der Waals surface area contributed by atoms with Crippen LogP contribution in [-0.4, -0.2) is 55.5 Å². The van der Waals surface area contributed by atoms with E-state index in [1.807, 2.05) is 6.92 Å². The van der Waals surface area contributed by atoms with Crippen molar-refractivity contribution in [1.29, 1.82) is 0 Å². The molecule has 0 spiro atoms. The Hall–Kier alpha value is -0.160. The van der Waals surface area contributed by atoms with Crippen LogP contribution in [0.1, 0.15) is 30.0 Å². The van der Waals surface area contributed by atoms with E-state index in [-0.39, 0.29) is 39.0 Å². The number of anilines is 1. The van der Waals surface area contributed by atoms with Gasteiger partial charge in [-0.3, -0.25) is 9.11 Å². The SMILES string of the molecule is CCCc1c(C)cc(C)cc1N(S(=O)(=O)O)S(=O)(=O)O.[NaH]. The minimum atomic E-state index is -5.15. The molecule has 0 unspecified atom stereocenters. The summed E-state index contributed by atoms with van der Waals surface area (Å²) in [5.41, 5.74) is 1.47. The van der Waals surface area contributed by atoms with E-state index in [1.165, 1.54) is 6.07 Å². The third-order valence-corrected chi connectivity index (χ3v) is 5.07. The van der Waals surface area contributed by atoms with E-state index < -0.39 is 20.6 Å². The van der Waals surface area contributed by atoms with Crippen molar-refractivity contribution < 1.29 is 25.9 Å². The molecule has 21 heavy (non-hydrogen) atoms. The van der Waals surface area contributed by atoms with Gasteiger partial charge in [-0.25, -0.2) is 0 Å². The second-order valence-corrected chi connectivity index (χ2v) is 7.24. The van der Waals surface area contributed by atoms with Crippen LogP contribution in [-0.2, 0) is 27.0 Å². The Kier molecular flexibility index (Phi) is 7.35.